The van der Waals surface area contributed by atoms with Crippen LogP contribution in [0.25, 0.3) is 43.1 Å². The van der Waals surface area contributed by atoms with Gasteiger partial charge in [0.2, 0.25) is 0 Å². The Balaban J connectivity index is 0.000000145. The van der Waals surface area contributed by atoms with Crippen molar-refractivity contribution in [1.29, 1.82) is 0 Å². The lowest BCUT2D eigenvalue weighted by molar-refractivity contribution is 0.420. The van der Waals surface area contributed by atoms with Gasteiger partial charge in [-0.25, -0.2) is 8.78 Å². The Morgan fingerprint density at radius 1 is 0.467 bits per heavy atom. The molecule has 2 saturated carbocycles. The van der Waals surface area contributed by atoms with E-state index in [9.17, 15) is 8.78 Å². The van der Waals surface area contributed by atoms with Gasteiger partial charge in [0.25, 0.3) is 0 Å². The predicted octanol–water partition coefficient (Wildman–Crippen LogP) is 13.2. The van der Waals surface area contributed by atoms with Gasteiger partial charge in [-0.2, -0.15) is 0 Å². The molecule has 226 valence electrons. The van der Waals surface area contributed by atoms with Crippen molar-refractivity contribution in [3.8, 4) is 43.1 Å². The van der Waals surface area contributed by atoms with E-state index in [0.29, 0.717) is 11.1 Å². The fraction of sp³-hybridized carbons (Fsp3) is 0.220. The van der Waals surface area contributed by atoms with E-state index >= 15 is 0 Å². The molecule has 2 heterocycles. The molecule has 0 aliphatic heterocycles. The third kappa shape index (κ3) is 6.73. The molecule has 0 N–H and O–H groups in total. The first-order valence-electron chi connectivity index (χ1n) is 15.8. The molecule has 2 aliphatic carbocycles. The van der Waals surface area contributed by atoms with Crippen LogP contribution in [-0.4, -0.2) is 0 Å². The molecule has 0 amide bonds. The molecule has 0 spiro atoms. The molecule has 0 radical (unpaired) electrons. The van der Waals surface area contributed by atoms with E-state index in [4.69, 9.17) is 0 Å². The van der Waals surface area contributed by atoms with Crippen LogP contribution in [-0.2, 0) is 0 Å². The van der Waals surface area contributed by atoms with Gasteiger partial charge in [0, 0.05) is 30.6 Å². The molecule has 0 bridgehead atoms. The van der Waals surface area contributed by atoms with Crippen molar-refractivity contribution in [2.24, 2.45) is 0 Å². The zero-order chi connectivity index (χ0) is 30.9. The highest BCUT2D eigenvalue weighted by molar-refractivity contribution is 7.15. The van der Waals surface area contributed by atoms with Crippen LogP contribution in [0.2, 0.25) is 0 Å². The zero-order valence-corrected chi connectivity index (χ0v) is 27.3. The highest BCUT2D eigenvalue weighted by Gasteiger charge is 2.23. The maximum absolute atomic E-state index is 14.5. The van der Waals surface area contributed by atoms with Gasteiger partial charge in [0.1, 0.15) is 11.6 Å². The summed E-state index contributed by atoms with van der Waals surface area (Å²) in [6, 6.07) is 36.4. The molecule has 2 aromatic heterocycles. The predicted molar refractivity (Wildman–Crippen MR) is 188 cm³/mol. The Bertz CT molecular complexity index is 1920. The molecule has 4 aromatic carbocycles. The summed E-state index contributed by atoms with van der Waals surface area (Å²) < 4.78 is 29.0. The van der Waals surface area contributed by atoms with Crippen LogP contribution in [0.4, 0.5) is 8.78 Å². The van der Waals surface area contributed by atoms with Crippen molar-refractivity contribution < 1.29 is 8.78 Å². The summed E-state index contributed by atoms with van der Waals surface area (Å²) in [5.74, 6) is 1.21. The Morgan fingerprint density at radius 2 is 0.867 bits per heavy atom. The number of aryl methyl sites for hydroxylation is 2. The van der Waals surface area contributed by atoms with Gasteiger partial charge in [0.05, 0.1) is 0 Å². The number of benzene rings is 4. The van der Waals surface area contributed by atoms with Crippen molar-refractivity contribution in [2.45, 2.75) is 57.8 Å². The summed E-state index contributed by atoms with van der Waals surface area (Å²) in [6.45, 7) is 4.09. The van der Waals surface area contributed by atoms with Gasteiger partial charge < -0.3 is 0 Å². The second kappa shape index (κ2) is 12.9. The van der Waals surface area contributed by atoms with Crippen LogP contribution in [0.3, 0.4) is 0 Å². The van der Waals surface area contributed by atoms with E-state index in [1.165, 1.54) is 53.0 Å². The summed E-state index contributed by atoms with van der Waals surface area (Å²) >= 11 is 3.26. The highest BCUT2D eigenvalue weighted by Crippen LogP contribution is 2.41. The Labute approximate surface area is 273 Å². The number of hydrogen-bond donors (Lipinski definition) is 0. The van der Waals surface area contributed by atoms with Gasteiger partial charge in [-0.15, -0.1) is 22.7 Å². The van der Waals surface area contributed by atoms with Crippen molar-refractivity contribution in [1.82, 2.24) is 0 Å². The molecule has 0 atom stereocenters. The minimum absolute atomic E-state index is 0.146. The molecular formula is C41H36F2S2. The monoisotopic (exact) mass is 630 g/mol. The van der Waals surface area contributed by atoms with Gasteiger partial charge >= 0.3 is 0 Å². The van der Waals surface area contributed by atoms with E-state index in [1.54, 1.807) is 34.8 Å². The summed E-state index contributed by atoms with van der Waals surface area (Å²) in [5, 5.41) is 0. The molecule has 0 unspecified atom stereocenters. The van der Waals surface area contributed by atoms with Gasteiger partial charge in [-0.1, -0.05) is 67.1 Å². The Kier molecular flexibility index (Phi) is 8.53. The van der Waals surface area contributed by atoms with Gasteiger partial charge in [0.15, 0.2) is 0 Å². The fourth-order valence-corrected chi connectivity index (χ4v) is 7.79. The first-order chi connectivity index (χ1) is 21.9. The third-order valence-electron chi connectivity index (χ3n) is 9.06. The molecule has 4 heteroatoms. The molecule has 2 fully saturated rings. The standard InChI is InChI=1S/C21H19FS.C20H17FS/c1-14-5-12-21(23-14)19-11-10-18(13-20(19)22)17-8-6-16(7-9-17)15-3-2-4-15;1-13-2-11-20(22-13)18-10-9-17(12-19(18)21)16-7-5-15(6-8-16)14-3-4-14/h5-13,15H,2-4H2,1H3;2,5-12,14H,3-4H2,1H3. The molecule has 8 rings (SSSR count). The third-order valence-corrected chi connectivity index (χ3v) is 11.1. The SMILES string of the molecule is Cc1ccc(-c2ccc(-c3ccc(C4CC4)cc3)cc2F)s1.Cc1ccc(-c2ccc(-c3ccc(C4CCC4)cc3)cc2F)s1. The summed E-state index contributed by atoms with van der Waals surface area (Å²) in [6.07, 6.45) is 6.58. The topological polar surface area (TPSA) is 0 Å². The summed E-state index contributed by atoms with van der Waals surface area (Å²) in [4.78, 5) is 4.39. The van der Waals surface area contributed by atoms with E-state index in [-0.39, 0.29) is 11.6 Å². The fourth-order valence-electron chi connectivity index (χ4n) is 6.00. The minimum Gasteiger partial charge on any atom is -0.206 e. The van der Waals surface area contributed by atoms with E-state index in [2.05, 4.69) is 48.5 Å². The first kappa shape index (κ1) is 29.8. The first-order valence-corrected chi connectivity index (χ1v) is 17.5. The number of thiophene rings is 2. The number of rotatable bonds is 6. The van der Waals surface area contributed by atoms with Crippen LogP contribution in [0.15, 0.2) is 109 Å². The zero-order valence-electron chi connectivity index (χ0n) is 25.7. The minimum atomic E-state index is -0.148. The number of hydrogen-bond acceptors (Lipinski definition) is 2. The molecular weight excluding hydrogens is 595 g/mol. The largest absolute Gasteiger partial charge is 0.206 e. The lowest BCUT2D eigenvalue weighted by atomic mass is 9.80. The lowest BCUT2D eigenvalue weighted by Crippen LogP contribution is -2.08. The maximum Gasteiger partial charge on any atom is 0.132 e. The average Bonchev–Trinajstić information content (AvgIpc) is 3.65. The quantitative estimate of drug-likeness (QED) is 0.172. The lowest BCUT2D eigenvalue weighted by Gasteiger charge is -2.25. The average molecular weight is 631 g/mol. The molecule has 6 aromatic rings. The van der Waals surface area contributed by atoms with Gasteiger partial charge in [-0.05, 0) is 133 Å². The molecule has 45 heavy (non-hydrogen) atoms. The van der Waals surface area contributed by atoms with Crippen molar-refractivity contribution in [2.75, 3.05) is 0 Å². The van der Waals surface area contributed by atoms with Crippen LogP contribution in [0.5, 0.6) is 0 Å². The van der Waals surface area contributed by atoms with Gasteiger partial charge in [-0.3, -0.25) is 0 Å². The normalized spacial score (nSPS) is 14.5. The maximum atomic E-state index is 14.5. The Morgan fingerprint density at radius 3 is 1.18 bits per heavy atom. The van der Waals surface area contributed by atoms with Crippen LogP contribution in [0.1, 0.15) is 64.8 Å². The number of halogens is 2. The van der Waals surface area contributed by atoms with Crippen LogP contribution < -0.4 is 0 Å². The van der Waals surface area contributed by atoms with Crippen molar-refractivity contribution >= 4 is 22.7 Å². The molecule has 2 aliphatic rings. The Hall–Kier alpha value is -3.86. The van der Waals surface area contributed by atoms with Crippen molar-refractivity contribution in [3.05, 3.63) is 142 Å². The van der Waals surface area contributed by atoms with E-state index in [1.807, 2.05) is 62.4 Å². The second-order valence-corrected chi connectivity index (χ2v) is 14.9. The van der Waals surface area contributed by atoms with E-state index in [0.717, 1.165) is 43.8 Å². The second-order valence-electron chi connectivity index (χ2n) is 12.4. The van der Waals surface area contributed by atoms with Crippen molar-refractivity contribution in [3.63, 3.8) is 0 Å². The smallest absolute Gasteiger partial charge is 0.132 e. The molecule has 0 nitrogen and oxygen atoms in total. The summed E-state index contributed by atoms with van der Waals surface area (Å²) in [5.41, 5.74) is 8.27. The molecule has 0 saturated heterocycles. The highest BCUT2D eigenvalue weighted by atomic mass is 32.1. The van der Waals surface area contributed by atoms with Crippen LogP contribution >= 0.6 is 22.7 Å². The van der Waals surface area contributed by atoms with Crippen LogP contribution in [0, 0.1) is 25.5 Å². The summed E-state index contributed by atoms with van der Waals surface area (Å²) in [7, 11) is 0. The van der Waals surface area contributed by atoms with E-state index < -0.39 is 0 Å².